The van der Waals surface area contributed by atoms with Crippen LogP contribution in [0.25, 0.3) is 0 Å². The van der Waals surface area contributed by atoms with Crippen molar-refractivity contribution in [3.63, 3.8) is 0 Å². The molecular weight excluding hydrogens is 274 g/mol. The van der Waals surface area contributed by atoms with Crippen LogP contribution in [-0.4, -0.2) is 33.9 Å². The van der Waals surface area contributed by atoms with E-state index < -0.39 is 0 Å². The number of amides is 1. The highest BCUT2D eigenvalue weighted by atomic mass is 16.2. The first-order valence-corrected chi connectivity index (χ1v) is 7.77. The molecule has 0 aliphatic carbocycles. The maximum atomic E-state index is 12.6. The topological polar surface area (TPSA) is 46.1 Å². The van der Waals surface area contributed by atoms with Crippen LogP contribution < -0.4 is 0 Å². The Morgan fingerprint density at radius 2 is 2.05 bits per heavy atom. The third-order valence-electron chi connectivity index (χ3n) is 4.27. The van der Waals surface area contributed by atoms with Gasteiger partial charge >= 0.3 is 0 Å². The van der Waals surface area contributed by atoms with Gasteiger partial charge in [-0.2, -0.15) is 0 Å². The molecule has 1 aliphatic rings. The van der Waals surface area contributed by atoms with Gasteiger partial charge in [-0.3, -0.25) is 4.79 Å². The highest BCUT2D eigenvalue weighted by Gasteiger charge is 2.28. The Morgan fingerprint density at radius 3 is 2.77 bits per heavy atom. The van der Waals surface area contributed by atoms with Gasteiger partial charge in [0.15, 0.2) is 0 Å². The van der Waals surface area contributed by atoms with Crippen LogP contribution in [0.4, 0.5) is 0 Å². The molecule has 1 atom stereocenters. The summed E-state index contributed by atoms with van der Waals surface area (Å²) in [5.41, 5.74) is 2.74. The van der Waals surface area contributed by atoms with Gasteiger partial charge in [0.1, 0.15) is 5.82 Å². The Balaban J connectivity index is 1.66. The summed E-state index contributed by atoms with van der Waals surface area (Å²) in [5.74, 6) is 1.31. The third-order valence-corrected chi connectivity index (χ3v) is 4.27. The summed E-state index contributed by atoms with van der Waals surface area (Å²) in [6.07, 6.45) is 3.75. The molecule has 114 valence electrons. The van der Waals surface area contributed by atoms with Crippen LogP contribution in [0.15, 0.2) is 36.5 Å². The Kier molecular flexibility index (Phi) is 4.18. The fourth-order valence-electron chi connectivity index (χ4n) is 3.09. The maximum absolute atomic E-state index is 12.6. The van der Waals surface area contributed by atoms with Gasteiger partial charge in [0.05, 0.1) is 11.3 Å². The molecule has 1 amide bonds. The molecule has 1 aromatic heterocycles. The summed E-state index contributed by atoms with van der Waals surface area (Å²) < 4.78 is 0. The van der Waals surface area contributed by atoms with E-state index in [9.17, 15) is 4.79 Å². The van der Waals surface area contributed by atoms with Gasteiger partial charge in [0.25, 0.3) is 5.91 Å². The van der Waals surface area contributed by atoms with Crippen LogP contribution in [0.3, 0.4) is 0 Å². The van der Waals surface area contributed by atoms with E-state index in [1.807, 2.05) is 24.8 Å². The van der Waals surface area contributed by atoms with Gasteiger partial charge in [-0.05, 0) is 38.2 Å². The smallest absolute Gasteiger partial charge is 0.257 e. The first-order chi connectivity index (χ1) is 10.6. The van der Waals surface area contributed by atoms with Crippen LogP contribution >= 0.6 is 0 Å². The Bertz CT molecular complexity index is 669. The number of likely N-dealkylation sites (tertiary alicyclic amines) is 1. The van der Waals surface area contributed by atoms with Crippen molar-refractivity contribution in [2.24, 2.45) is 5.92 Å². The molecule has 0 bridgehead atoms. The molecule has 0 N–H and O–H groups in total. The predicted molar refractivity (Wildman–Crippen MR) is 85.7 cm³/mol. The Hall–Kier alpha value is -2.23. The molecule has 1 aliphatic heterocycles. The van der Waals surface area contributed by atoms with Gasteiger partial charge in [0.2, 0.25) is 0 Å². The second kappa shape index (κ2) is 6.26. The van der Waals surface area contributed by atoms with E-state index in [-0.39, 0.29) is 5.91 Å². The lowest BCUT2D eigenvalue weighted by Crippen LogP contribution is -2.30. The molecule has 0 radical (unpaired) electrons. The van der Waals surface area contributed by atoms with Crippen molar-refractivity contribution in [1.82, 2.24) is 14.9 Å². The standard InChI is InChI=1S/C18H21N3O/c1-13-17(11-19-14(2)20-13)18(22)21-9-8-16(12-21)10-15-6-4-3-5-7-15/h3-7,11,16H,8-10,12H2,1-2H3. The van der Waals surface area contributed by atoms with E-state index in [1.165, 1.54) is 5.56 Å². The molecule has 1 unspecified atom stereocenters. The van der Waals surface area contributed by atoms with Crippen LogP contribution in [0.2, 0.25) is 0 Å². The van der Waals surface area contributed by atoms with Gasteiger partial charge in [-0.15, -0.1) is 0 Å². The monoisotopic (exact) mass is 295 g/mol. The number of hydrogen-bond donors (Lipinski definition) is 0. The predicted octanol–water partition coefficient (Wildman–Crippen LogP) is 2.80. The zero-order chi connectivity index (χ0) is 15.5. The molecule has 1 fully saturated rings. The number of carbonyl (C=O) groups is 1. The lowest BCUT2D eigenvalue weighted by molar-refractivity contribution is 0.0785. The van der Waals surface area contributed by atoms with Crippen molar-refractivity contribution in [2.45, 2.75) is 26.7 Å². The highest BCUT2D eigenvalue weighted by molar-refractivity contribution is 5.95. The van der Waals surface area contributed by atoms with Crippen LogP contribution in [0.5, 0.6) is 0 Å². The zero-order valence-electron chi connectivity index (χ0n) is 13.1. The van der Waals surface area contributed by atoms with Gasteiger partial charge in [0, 0.05) is 19.3 Å². The fourth-order valence-corrected chi connectivity index (χ4v) is 3.09. The summed E-state index contributed by atoms with van der Waals surface area (Å²) in [5, 5.41) is 0. The van der Waals surface area contributed by atoms with E-state index in [0.29, 0.717) is 17.3 Å². The number of rotatable bonds is 3. The summed E-state index contributed by atoms with van der Waals surface area (Å²) in [7, 11) is 0. The minimum Gasteiger partial charge on any atom is -0.338 e. The van der Waals surface area contributed by atoms with Crippen LogP contribution in [0.1, 0.15) is 33.9 Å². The molecule has 0 saturated carbocycles. The van der Waals surface area contributed by atoms with E-state index in [0.717, 1.165) is 31.6 Å². The quantitative estimate of drug-likeness (QED) is 0.874. The molecule has 0 spiro atoms. The van der Waals surface area contributed by atoms with Crippen molar-refractivity contribution in [2.75, 3.05) is 13.1 Å². The normalized spacial score (nSPS) is 17.7. The molecule has 2 heterocycles. The van der Waals surface area contributed by atoms with Crippen LogP contribution in [0, 0.1) is 19.8 Å². The first kappa shape index (κ1) is 14.7. The average Bonchev–Trinajstić information content (AvgIpc) is 2.96. The highest BCUT2D eigenvalue weighted by Crippen LogP contribution is 2.22. The average molecular weight is 295 g/mol. The number of nitrogens with zero attached hydrogens (tertiary/aromatic N) is 3. The Morgan fingerprint density at radius 1 is 1.27 bits per heavy atom. The molecule has 1 saturated heterocycles. The number of benzene rings is 1. The van der Waals surface area contributed by atoms with Crippen molar-refractivity contribution in [3.05, 3.63) is 59.2 Å². The molecule has 22 heavy (non-hydrogen) atoms. The lowest BCUT2D eigenvalue weighted by atomic mass is 9.99. The summed E-state index contributed by atoms with van der Waals surface area (Å²) in [4.78, 5) is 23.0. The Labute approximate surface area is 131 Å². The van der Waals surface area contributed by atoms with Crippen molar-refractivity contribution >= 4 is 5.91 Å². The number of carbonyl (C=O) groups excluding carboxylic acids is 1. The van der Waals surface area contributed by atoms with Crippen LogP contribution in [-0.2, 0) is 6.42 Å². The second-order valence-corrected chi connectivity index (χ2v) is 6.01. The lowest BCUT2D eigenvalue weighted by Gasteiger charge is -2.17. The van der Waals surface area contributed by atoms with Gasteiger partial charge < -0.3 is 4.90 Å². The minimum atomic E-state index is 0.0630. The van der Waals surface area contributed by atoms with E-state index >= 15 is 0 Å². The molecule has 4 nitrogen and oxygen atoms in total. The van der Waals surface area contributed by atoms with E-state index in [4.69, 9.17) is 0 Å². The second-order valence-electron chi connectivity index (χ2n) is 6.01. The summed E-state index contributed by atoms with van der Waals surface area (Å²) in [6, 6.07) is 10.5. The first-order valence-electron chi connectivity index (χ1n) is 7.77. The number of hydrogen-bond acceptors (Lipinski definition) is 3. The minimum absolute atomic E-state index is 0.0630. The van der Waals surface area contributed by atoms with Crippen molar-refractivity contribution in [1.29, 1.82) is 0 Å². The molecule has 4 heteroatoms. The maximum Gasteiger partial charge on any atom is 0.257 e. The molecule has 3 rings (SSSR count). The zero-order valence-corrected chi connectivity index (χ0v) is 13.1. The molecular formula is C18H21N3O. The summed E-state index contributed by atoms with van der Waals surface area (Å²) in [6.45, 7) is 5.36. The summed E-state index contributed by atoms with van der Waals surface area (Å²) >= 11 is 0. The fraction of sp³-hybridized carbons (Fsp3) is 0.389. The third kappa shape index (κ3) is 3.16. The largest absolute Gasteiger partial charge is 0.338 e. The molecule has 1 aromatic carbocycles. The van der Waals surface area contributed by atoms with Gasteiger partial charge in [-0.25, -0.2) is 9.97 Å². The molecule has 2 aromatic rings. The van der Waals surface area contributed by atoms with Gasteiger partial charge in [-0.1, -0.05) is 30.3 Å². The SMILES string of the molecule is Cc1ncc(C(=O)N2CCC(Cc3ccccc3)C2)c(C)n1. The van der Waals surface area contributed by atoms with Crippen molar-refractivity contribution in [3.8, 4) is 0 Å². The number of aryl methyl sites for hydroxylation is 2. The van der Waals surface area contributed by atoms with E-state index in [1.54, 1.807) is 6.20 Å². The number of aromatic nitrogens is 2. The van der Waals surface area contributed by atoms with E-state index in [2.05, 4.69) is 34.2 Å². The van der Waals surface area contributed by atoms with Crippen molar-refractivity contribution < 1.29 is 4.79 Å².